The van der Waals surface area contributed by atoms with Crippen molar-refractivity contribution < 1.29 is 4.42 Å². The Bertz CT molecular complexity index is 980. The highest BCUT2D eigenvalue weighted by Crippen LogP contribution is 2.40. The Hall–Kier alpha value is -2.54. The van der Waals surface area contributed by atoms with Crippen molar-refractivity contribution in [1.82, 2.24) is 0 Å². The van der Waals surface area contributed by atoms with Gasteiger partial charge in [-0.05, 0) is 76.4 Å². The van der Waals surface area contributed by atoms with E-state index in [1.165, 1.54) is 60.1 Å². The average molecular weight is 357 g/mol. The predicted octanol–water partition coefficient (Wildman–Crippen LogP) is 7.88. The third kappa shape index (κ3) is 3.78. The minimum atomic E-state index is 0.791. The highest BCUT2D eigenvalue weighted by Gasteiger charge is 2.21. The van der Waals surface area contributed by atoms with Crippen LogP contribution in [-0.4, -0.2) is 0 Å². The lowest BCUT2D eigenvalue weighted by molar-refractivity contribution is 0.503. The zero-order valence-electron chi connectivity index (χ0n) is 16.2. The quantitative estimate of drug-likeness (QED) is 0.340. The molecule has 3 aromatic carbocycles. The van der Waals surface area contributed by atoms with Crippen LogP contribution in [0.15, 0.2) is 77.6 Å². The zero-order chi connectivity index (χ0) is 18.5. The first-order valence-electron chi connectivity index (χ1n) is 10.3. The summed E-state index contributed by atoms with van der Waals surface area (Å²) in [5.41, 5.74) is 3.28. The Balaban J connectivity index is 0.000000314. The lowest BCUT2D eigenvalue weighted by atomic mass is 9.78. The van der Waals surface area contributed by atoms with Crippen molar-refractivity contribution >= 4 is 21.5 Å². The number of aryl methyl sites for hydroxylation is 1. The summed E-state index contributed by atoms with van der Waals surface area (Å²) in [6.07, 6.45) is 11.3. The van der Waals surface area contributed by atoms with Crippen molar-refractivity contribution in [1.29, 1.82) is 0 Å². The first kappa shape index (κ1) is 17.9. The van der Waals surface area contributed by atoms with Crippen molar-refractivity contribution in [2.24, 2.45) is 0 Å². The average Bonchev–Trinajstić information content (AvgIpc) is 3.32. The van der Waals surface area contributed by atoms with Gasteiger partial charge in [0.05, 0.1) is 12.5 Å². The molecule has 0 amide bonds. The smallest absolute Gasteiger partial charge is 0.0902 e. The molecule has 1 aromatic heterocycles. The van der Waals surface area contributed by atoms with Crippen LogP contribution in [0.2, 0.25) is 0 Å². The second-order valence-electron chi connectivity index (χ2n) is 7.54. The van der Waals surface area contributed by atoms with Crippen LogP contribution >= 0.6 is 0 Å². The zero-order valence-corrected chi connectivity index (χ0v) is 16.2. The van der Waals surface area contributed by atoms with Crippen LogP contribution in [0, 0.1) is 0 Å². The minimum absolute atomic E-state index is 0.791. The molecule has 0 saturated carbocycles. The topological polar surface area (TPSA) is 13.1 Å². The fraction of sp³-hybridized carbons (Fsp3) is 0.308. The van der Waals surface area contributed by atoms with E-state index in [0.29, 0.717) is 0 Å². The van der Waals surface area contributed by atoms with Gasteiger partial charge in [0.1, 0.15) is 0 Å². The molecule has 5 rings (SSSR count). The SMILES string of the molecule is CCCCC1CCCc2c1ccc1c2ccc2ccccc21.c1ccoc1. The summed E-state index contributed by atoms with van der Waals surface area (Å²) in [5.74, 6) is 0.791. The maximum Gasteiger partial charge on any atom is 0.0902 e. The molecule has 0 aliphatic heterocycles. The molecular formula is C26H28O. The monoisotopic (exact) mass is 356 g/mol. The highest BCUT2D eigenvalue weighted by molar-refractivity contribution is 6.08. The van der Waals surface area contributed by atoms with Crippen LogP contribution in [0.25, 0.3) is 21.5 Å². The maximum absolute atomic E-state index is 4.58. The van der Waals surface area contributed by atoms with Crippen LogP contribution in [0.3, 0.4) is 0 Å². The fourth-order valence-corrected chi connectivity index (χ4v) is 4.49. The molecule has 4 aromatic rings. The third-order valence-electron chi connectivity index (χ3n) is 5.82. The first-order valence-corrected chi connectivity index (χ1v) is 10.3. The molecule has 0 bridgehead atoms. The summed E-state index contributed by atoms with van der Waals surface area (Å²) in [5, 5.41) is 5.69. The van der Waals surface area contributed by atoms with Gasteiger partial charge in [0.25, 0.3) is 0 Å². The van der Waals surface area contributed by atoms with Gasteiger partial charge in [-0.25, -0.2) is 0 Å². The summed E-state index contributed by atoms with van der Waals surface area (Å²) in [6, 6.07) is 21.9. The molecule has 1 nitrogen and oxygen atoms in total. The standard InChI is InChI=1S/C22H24.C4H4O/c1-2-3-7-16-9-6-11-20-19(16)14-15-21-18-10-5-4-8-17(18)12-13-22(20)21;1-2-4-5-3-1/h4-5,8,10,12-16H,2-3,6-7,9,11H2,1H3;1-4H. The molecule has 0 spiro atoms. The number of hydrogen-bond donors (Lipinski definition) is 0. The molecule has 0 saturated heterocycles. The number of hydrogen-bond acceptors (Lipinski definition) is 1. The summed E-state index contributed by atoms with van der Waals surface area (Å²) in [4.78, 5) is 0. The Kier molecular flexibility index (Phi) is 5.58. The van der Waals surface area contributed by atoms with E-state index in [-0.39, 0.29) is 0 Å². The summed E-state index contributed by atoms with van der Waals surface area (Å²) in [6.45, 7) is 2.30. The largest absolute Gasteiger partial charge is 0.473 e. The predicted molar refractivity (Wildman–Crippen MR) is 115 cm³/mol. The van der Waals surface area contributed by atoms with Crippen molar-refractivity contribution in [2.75, 3.05) is 0 Å². The molecule has 138 valence electrons. The normalized spacial score (nSPS) is 16.0. The van der Waals surface area contributed by atoms with E-state index < -0.39 is 0 Å². The second-order valence-corrected chi connectivity index (χ2v) is 7.54. The molecule has 1 aliphatic carbocycles. The van der Waals surface area contributed by atoms with E-state index in [1.54, 1.807) is 23.7 Å². The fourth-order valence-electron chi connectivity index (χ4n) is 4.49. The molecule has 27 heavy (non-hydrogen) atoms. The number of rotatable bonds is 3. The molecular weight excluding hydrogens is 328 g/mol. The molecule has 0 radical (unpaired) electrons. The van der Waals surface area contributed by atoms with Crippen LogP contribution in [0.5, 0.6) is 0 Å². The summed E-state index contributed by atoms with van der Waals surface area (Å²) in [7, 11) is 0. The Labute approximate surface area is 162 Å². The van der Waals surface area contributed by atoms with Crippen LogP contribution in [-0.2, 0) is 6.42 Å². The number of fused-ring (bicyclic) bond motifs is 5. The summed E-state index contributed by atoms with van der Waals surface area (Å²) >= 11 is 0. The van der Waals surface area contributed by atoms with Crippen molar-refractivity contribution in [3.05, 3.63) is 84.3 Å². The molecule has 1 atom stereocenters. The van der Waals surface area contributed by atoms with Crippen LogP contribution in [0.1, 0.15) is 56.1 Å². The van der Waals surface area contributed by atoms with Crippen molar-refractivity contribution in [2.45, 2.75) is 51.4 Å². The van der Waals surface area contributed by atoms with Gasteiger partial charge in [-0.2, -0.15) is 0 Å². The van der Waals surface area contributed by atoms with Gasteiger partial charge in [-0.1, -0.05) is 68.3 Å². The Morgan fingerprint density at radius 1 is 0.852 bits per heavy atom. The molecule has 1 unspecified atom stereocenters. The molecule has 1 aliphatic rings. The number of furan rings is 1. The minimum Gasteiger partial charge on any atom is -0.473 e. The van der Waals surface area contributed by atoms with E-state index >= 15 is 0 Å². The maximum atomic E-state index is 4.58. The van der Waals surface area contributed by atoms with Gasteiger partial charge in [-0.3, -0.25) is 0 Å². The van der Waals surface area contributed by atoms with Crippen LogP contribution < -0.4 is 0 Å². The Morgan fingerprint density at radius 2 is 1.67 bits per heavy atom. The van der Waals surface area contributed by atoms with E-state index in [2.05, 4.69) is 59.9 Å². The molecule has 1 heterocycles. The van der Waals surface area contributed by atoms with Gasteiger partial charge in [0, 0.05) is 0 Å². The Morgan fingerprint density at radius 3 is 2.44 bits per heavy atom. The molecule has 0 fully saturated rings. The van der Waals surface area contributed by atoms with Gasteiger partial charge in [-0.15, -0.1) is 0 Å². The van der Waals surface area contributed by atoms with Gasteiger partial charge >= 0.3 is 0 Å². The van der Waals surface area contributed by atoms with E-state index in [0.717, 1.165) is 5.92 Å². The van der Waals surface area contributed by atoms with Gasteiger partial charge in [0.2, 0.25) is 0 Å². The number of benzene rings is 3. The first-order chi connectivity index (χ1) is 13.4. The molecule has 1 heteroatoms. The highest BCUT2D eigenvalue weighted by atomic mass is 16.3. The van der Waals surface area contributed by atoms with Crippen molar-refractivity contribution in [3.63, 3.8) is 0 Å². The number of unbranched alkanes of at least 4 members (excludes halogenated alkanes) is 1. The third-order valence-corrected chi connectivity index (χ3v) is 5.82. The molecule has 0 N–H and O–H groups in total. The van der Waals surface area contributed by atoms with Crippen molar-refractivity contribution in [3.8, 4) is 0 Å². The second kappa shape index (κ2) is 8.43. The summed E-state index contributed by atoms with van der Waals surface area (Å²) < 4.78 is 4.58. The van der Waals surface area contributed by atoms with Gasteiger partial charge < -0.3 is 4.42 Å². The lowest BCUT2D eigenvalue weighted by Gasteiger charge is -2.27. The van der Waals surface area contributed by atoms with Crippen LogP contribution in [0.4, 0.5) is 0 Å². The van der Waals surface area contributed by atoms with E-state index in [1.807, 2.05) is 12.1 Å². The van der Waals surface area contributed by atoms with E-state index in [4.69, 9.17) is 0 Å². The lowest BCUT2D eigenvalue weighted by Crippen LogP contribution is -2.10. The van der Waals surface area contributed by atoms with E-state index in [9.17, 15) is 0 Å². The van der Waals surface area contributed by atoms with Gasteiger partial charge in [0.15, 0.2) is 0 Å².